The largest absolute Gasteiger partial charge is 0.338 e. The van der Waals surface area contributed by atoms with Gasteiger partial charge in [0.2, 0.25) is 11.7 Å². The highest BCUT2D eigenvalue weighted by Crippen LogP contribution is 2.24. The Balaban J connectivity index is 1.54. The standard InChI is InChI=1S/C20H21ClN4O2/c1-14-5-2-3-12-25(14)18(26)13-24-11-4-6-17(24)20-22-19(23-27-20)15-7-9-16(21)10-8-15/h4,6-11,14H,2-3,5,12-13H2,1H3/t14-/m1/s1. The van der Waals surface area contributed by atoms with Crippen LogP contribution in [0, 0.1) is 0 Å². The Bertz CT molecular complexity index is 932. The van der Waals surface area contributed by atoms with Gasteiger partial charge in [-0.05, 0) is 62.6 Å². The zero-order chi connectivity index (χ0) is 18.8. The van der Waals surface area contributed by atoms with Gasteiger partial charge in [-0.3, -0.25) is 4.79 Å². The summed E-state index contributed by atoms with van der Waals surface area (Å²) in [5, 5.41) is 4.71. The molecule has 0 unspecified atom stereocenters. The molecular formula is C20H21ClN4O2. The highest BCUT2D eigenvalue weighted by Gasteiger charge is 2.24. The third kappa shape index (κ3) is 3.76. The van der Waals surface area contributed by atoms with Gasteiger partial charge in [0, 0.05) is 29.4 Å². The van der Waals surface area contributed by atoms with Crippen LogP contribution in [0.15, 0.2) is 47.1 Å². The Kier molecular flexibility index (Phi) is 4.99. The molecule has 6 nitrogen and oxygen atoms in total. The molecule has 27 heavy (non-hydrogen) atoms. The molecule has 1 aliphatic rings. The van der Waals surface area contributed by atoms with E-state index in [2.05, 4.69) is 17.1 Å². The highest BCUT2D eigenvalue weighted by atomic mass is 35.5. The van der Waals surface area contributed by atoms with Gasteiger partial charge >= 0.3 is 0 Å². The van der Waals surface area contributed by atoms with Crippen LogP contribution in [0.25, 0.3) is 23.0 Å². The van der Waals surface area contributed by atoms with E-state index in [1.165, 1.54) is 6.42 Å². The molecule has 140 valence electrons. The molecule has 3 aromatic rings. The summed E-state index contributed by atoms with van der Waals surface area (Å²) >= 11 is 5.93. The summed E-state index contributed by atoms with van der Waals surface area (Å²) in [6.45, 7) is 3.22. The number of nitrogens with zero attached hydrogens (tertiary/aromatic N) is 4. The van der Waals surface area contributed by atoms with E-state index < -0.39 is 0 Å². The van der Waals surface area contributed by atoms with Crippen molar-refractivity contribution in [1.82, 2.24) is 19.6 Å². The lowest BCUT2D eigenvalue weighted by atomic mass is 10.0. The SMILES string of the molecule is C[C@@H]1CCCCN1C(=O)Cn1cccc1-c1nc(-c2ccc(Cl)cc2)no1. The van der Waals surface area contributed by atoms with Gasteiger partial charge in [-0.15, -0.1) is 0 Å². The molecule has 1 amide bonds. The minimum atomic E-state index is 0.122. The second-order valence-corrected chi connectivity index (χ2v) is 7.32. The normalized spacial score (nSPS) is 17.3. The van der Waals surface area contributed by atoms with Crippen molar-refractivity contribution in [1.29, 1.82) is 0 Å². The first-order chi connectivity index (χ1) is 13.1. The lowest BCUT2D eigenvalue weighted by Crippen LogP contribution is -2.43. The Morgan fingerprint density at radius 2 is 2.07 bits per heavy atom. The van der Waals surface area contributed by atoms with Crippen molar-refractivity contribution >= 4 is 17.5 Å². The highest BCUT2D eigenvalue weighted by molar-refractivity contribution is 6.30. The summed E-state index contributed by atoms with van der Waals surface area (Å²) < 4.78 is 7.31. The van der Waals surface area contributed by atoms with Crippen LogP contribution in [0.2, 0.25) is 5.02 Å². The Labute approximate surface area is 162 Å². The van der Waals surface area contributed by atoms with Crippen molar-refractivity contribution in [2.75, 3.05) is 6.54 Å². The molecule has 4 rings (SSSR count). The number of hydrogen-bond acceptors (Lipinski definition) is 4. The fourth-order valence-electron chi connectivity index (χ4n) is 3.50. The maximum atomic E-state index is 12.7. The molecule has 1 aromatic carbocycles. The van der Waals surface area contributed by atoms with Crippen LogP contribution in [0.5, 0.6) is 0 Å². The number of aromatic nitrogens is 3. The predicted octanol–water partition coefficient (Wildman–Crippen LogP) is 4.26. The van der Waals surface area contributed by atoms with E-state index in [9.17, 15) is 4.79 Å². The Morgan fingerprint density at radius 1 is 1.26 bits per heavy atom. The van der Waals surface area contributed by atoms with E-state index in [4.69, 9.17) is 16.1 Å². The molecule has 1 aliphatic heterocycles. The zero-order valence-corrected chi connectivity index (χ0v) is 15.9. The number of benzene rings is 1. The minimum Gasteiger partial charge on any atom is -0.338 e. The summed E-state index contributed by atoms with van der Waals surface area (Å²) in [7, 11) is 0. The van der Waals surface area contributed by atoms with E-state index in [-0.39, 0.29) is 12.5 Å². The van der Waals surface area contributed by atoms with Crippen LogP contribution < -0.4 is 0 Å². The Morgan fingerprint density at radius 3 is 2.85 bits per heavy atom. The number of carbonyl (C=O) groups is 1. The third-order valence-electron chi connectivity index (χ3n) is 5.01. The monoisotopic (exact) mass is 384 g/mol. The average molecular weight is 385 g/mol. The topological polar surface area (TPSA) is 64.2 Å². The lowest BCUT2D eigenvalue weighted by molar-refractivity contribution is -0.135. The van der Waals surface area contributed by atoms with Crippen LogP contribution >= 0.6 is 11.6 Å². The molecule has 0 aliphatic carbocycles. The summed E-state index contributed by atoms with van der Waals surface area (Å²) in [5.74, 6) is 1.01. The first-order valence-electron chi connectivity index (χ1n) is 9.16. The number of halogens is 1. The van der Waals surface area contributed by atoms with Crippen molar-refractivity contribution in [2.24, 2.45) is 0 Å². The van der Waals surface area contributed by atoms with Gasteiger partial charge in [0.15, 0.2) is 0 Å². The van der Waals surface area contributed by atoms with Gasteiger partial charge in [-0.2, -0.15) is 4.98 Å². The maximum Gasteiger partial charge on any atom is 0.274 e. The molecule has 0 bridgehead atoms. The molecule has 0 saturated carbocycles. The number of hydrogen-bond donors (Lipinski definition) is 0. The van der Waals surface area contributed by atoms with Crippen LogP contribution in [-0.4, -0.2) is 38.1 Å². The van der Waals surface area contributed by atoms with E-state index in [1.54, 1.807) is 12.1 Å². The van der Waals surface area contributed by atoms with Crippen molar-refractivity contribution in [3.05, 3.63) is 47.6 Å². The molecule has 7 heteroatoms. The van der Waals surface area contributed by atoms with Crippen molar-refractivity contribution in [3.8, 4) is 23.0 Å². The smallest absolute Gasteiger partial charge is 0.274 e. The van der Waals surface area contributed by atoms with Crippen molar-refractivity contribution < 1.29 is 9.32 Å². The molecule has 2 aromatic heterocycles. The van der Waals surface area contributed by atoms with E-state index >= 15 is 0 Å². The van der Waals surface area contributed by atoms with Gasteiger partial charge in [-0.25, -0.2) is 0 Å². The summed E-state index contributed by atoms with van der Waals surface area (Å²) in [5.41, 5.74) is 1.56. The molecule has 1 atom stereocenters. The number of amides is 1. The fourth-order valence-corrected chi connectivity index (χ4v) is 3.62. The van der Waals surface area contributed by atoms with Gasteiger partial charge in [0.05, 0.1) is 0 Å². The lowest BCUT2D eigenvalue weighted by Gasteiger charge is -2.33. The molecule has 3 heterocycles. The predicted molar refractivity (Wildman–Crippen MR) is 103 cm³/mol. The summed E-state index contributed by atoms with van der Waals surface area (Å²) in [6, 6.07) is 11.3. The number of piperidine rings is 1. The number of likely N-dealkylation sites (tertiary alicyclic amines) is 1. The first kappa shape index (κ1) is 17.8. The molecule has 1 fully saturated rings. The van der Waals surface area contributed by atoms with Gasteiger partial charge in [-0.1, -0.05) is 16.8 Å². The Hall–Kier alpha value is -2.60. The van der Waals surface area contributed by atoms with Gasteiger partial charge < -0.3 is 14.0 Å². The number of carbonyl (C=O) groups excluding carboxylic acids is 1. The van der Waals surface area contributed by atoms with Crippen LogP contribution in [0.3, 0.4) is 0 Å². The second-order valence-electron chi connectivity index (χ2n) is 6.88. The van der Waals surface area contributed by atoms with Crippen LogP contribution in [-0.2, 0) is 11.3 Å². The van der Waals surface area contributed by atoms with Crippen LogP contribution in [0.4, 0.5) is 0 Å². The van der Waals surface area contributed by atoms with E-state index in [0.29, 0.717) is 22.8 Å². The fraction of sp³-hybridized carbons (Fsp3) is 0.350. The summed E-state index contributed by atoms with van der Waals surface area (Å²) in [6.07, 6.45) is 5.20. The zero-order valence-electron chi connectivity index (χ0n) is 15.1. The third-order valence-corrected chi connectivity index (χ3v) is 5.26. The maximum absolute atomic E-state index is 12.7. The van der Waals surface area contributed by atoms with Gasteiger partial charge in [0.25, 0.3) is 5.89 Å². The van der Waals surface area contributed by atoms with Crippen LogP contribution in [0.1, 0.15) is 26.2 Å². The van der Waals surface area contributed by atoms with Crippen molar-refractivity contribution in [2.45, 2.75) is 38.8 Å². The second kappa shape index (κ2) is 7.56. The molecular weight excluding hydrogens is 364 g/mol. The molecule has 0 N–H and O–H groups in total. The average Bonchev–Trinajstić information content (AvgIpc) is 3.32. The molecule has 0 spiro atoms. The first-order valence-corrected chi connectivity index (χ1v) is 9.54. The molecule has 1 saturated heterocycles. The molecule has 0 radical (unpaired) electrons. The van der Waals surface area contributed by atoms with Gasteiger partial charge in [0.1, 0.15) is 12.2 Å². The number of rotatable bonds is 4. The summed E-state index contributed by atoms with van der Waals surface area (Å²) in [4.78, 5) is 19.2. The quantitative estimate of drug-likeness (QED) is 0.674. The van der Waals surface area contributed by atoms with Crippen molar-refractivity contribution in [3.63, 3.8) is 0 Å². The van der Waals surface area contributed by atoms with E-state index in [0.717, 1.165) is 30.6 Å². The van der Waals surface area contributed by atoms with E-state index in [1.807, 2.05) is 39.9 Å². The minimum absolute atomic E-state index is 0.122.